The Morgan fingerprint density at radius 1 is 1.56 bits per heavy atom. The molecule has 1 N–H and O–H groups in total. The quantitative estimate of drug-likeness (QED) is 0.840. The maximum atomic E-state index is 11.7. The third-order valence-electron chi connectivity index (χ3n) is 2.36. The summed E-state index contributed by atoms with van der Waals surface area (Å²) in [7, 11) is 3.10. The highest BCUT2D eigenvalue weighted by Crippen LogP contribution is 2.21. The summed E-state index contributed by atoms with van der Waals surface area (Å²) in [6.07, 6.45) is 3.31. The van der Waals surface area contributed by atoms with Crippen LogP contribution in [0, 0.1) is 0 Å². The molecule has 0 saturated heterocycles. The van der Waals surface area contributed by atoms with Crippen molar-refractivity contribution in [2.75, 3.05) is 14.2 Å². The summed E-state index contributed by atoms with van der Waals surface area (Å²) < 4.78 is 6.54. The van der Waals surface area contributed by atoms with E-state index in [-0.39, 0.29) is 18.3 Å². The number of methoxy groups -OCH3 is 1. The molecule has 0 radical (unpaired) electrons. The molecule has 0 aromatic carbocycles. The molecule has 7 heteroatoms. The summed E-state index contributed by atoms with van der Waals surface area (Å²) in [5.41, 5.74) is 1.60. The Kier molecular flexibility index (Phi) is 3.63. The van der Waals surface area contributed by atoms with Crippen molar-refractivity contribution in [1.82, 2.24) is 25.3 Å². The van der Waals surface area contributed by atoms with E-state index in [4.69, 9.17) is 4.74 Å². The Hall–Kier alpha value is -2.28. The molecule has 0 aliphatic heterocycles. The minimum atomic E-state index is -0.295. The predicted octanol–water partition coefficient (Wildman–Crippen LogP) is 0.304. The van der Waals surface area contributed by atoms with Crippen molar-refractivity contribution < 1.29 is 9.53 Å². The maximum absolute atomic E-state index is 11.7. The van der Waals surface area contributed by atoms with E-state index < -0.39 is 0 Å². The van der Waals surface area contributed by atoms with Gasteiger partial charge in [-0.25, -0.2) is 4.68 Å². The molecule has 0 spiro atoms. The highest BCUT2D eigenvalue weighted by atomic mass is 16.5. The van der Waals surface area contributed by atoms with Gasteiger partial charge in [0.2, 0.25) is 0 Å². The van der Waals surface area contributed by atoms with E-state index in [1.54, 1.807) is 32.6 Å². The van der Waals surface area contributed by atoms with Gasteiger partial charge in [-0.2, -0.15) is 0 Å². The Morgan fingerprint density at radius 2 is 2.39 bits per heavy atom. The zero-order valence-corrected chi connectivity index (χ0v) is 10.1. The fraction of sp³-hybridized carbons (Fsp3) is 0.273. The first-order chi connectivity index (χ1) is 8.77. The first-order valence-corrected chi connectivity index (χ1v) is 5.32. The molecule has 2 rings (SSSR count). The topological polar surface area (TPSA) is 81.9 Å². The fourth-order valence-electron chi connectivity index (χ4n) is 1.59. The molecule has 1 amide bonds. The molecule has 0 unspecified atom stereocenters. The Balaban J connectivity index is 2.54. The molecule has 2 aromatic heterocycles. The van der Waals surface area contributed by atoms with Crippen LogP contribution in [0.5, 0.6) is 0 Å². The third-order valence-corrected chi connectivity index (χ3v) is 2.36. The van der Waals surface area contributed by atoms with Crippen molar-refractivity contribution in [3.8, 4) is 11.3 Å². The van der Waals surface area contributed by atoms with Gasteiger partial charge >= 0.3 is 0 Å². The number of amides is 1. The van der Waals surface area contributed by atoms with Crippen molar-refractivity contribution in [2.24, 2.45) is 0 Å². The first kappa shape index (κ1) is 12.2. The normalized spacial score (nSPS) is 10.3. The van der Waals surface area contributed by atoms with Crippen LogP contribution >= 0.6 is 0 Å². The monoisotopic (exact) mass is 247 g/mol. The number of ether oxygens (including phenoxy) is 1. The van der Waals surface area contributed by atoms with E-state index in [0.29, 0.717) is 5.69 Å². The number of hydrogen-bond acceptors (Lipinski definition) is 5. The molecular weight excluding hydrogens is 234 g/mol. The zero-order chi connectivity index (χ0) is 13.0. The van der Waals surface area contributed by atoms with Crippen LogP contribution in [0.15, 0.2) is 24.5 Å². The summed E-state index contributed by atoms with van der Waals surface area (Å²) in [4.78, 5) is 15.8. The lowest BCUT2D eigenvalue weighted by Gasteiger charge is -2.06. The number of nitrogens with zero attached hydrogens (tertiary/aromatic N) is 4. The third kappa shape index (κ3) is 2.21. The van der Waals surface area contributed by atoms with Crippen LogP contribution in [0.4, 0.5) is 0 Å². The van der Waals surface area contributed by atoms with Gasteiger partial charge in [-0.1, -0.05) is 5.21 Å². The molecule has 0 saturated carbocycles. The smallest absolute Gasteiger partial charge is 0.273 e. The van der Waals surface area contributed by atoms with Crippen LogP contribution in [0.1, 0.15) is 10.5 Å². The van der Waals surface area contributed by atoms with Gasteiger partial charge in [-0.05, 0) is 12.1 Å². The van der Waals surface area contributed by atoms with Gasteiger partial charge in [0.05, 0.1) is 0 Å². The van der Waals surface area contributed by atoms with E-state index in [1.807, 2.05) is 6.07 Å². The molecule has 94 valence electrons. The van der Waals surface area contributed by atoms with Gasteiger partial charge in [0.25, 0.3) is 5.91 Å². The molecular formula is C11H13N5O2. The highest BCUT2D eigenvalue weighted by Gasteiger charge is 2.20. The lowest BCUT2D eigenvalue weighted by atomic mass is 10.1. The molecule has 2 aromatic rings. The largest absolute Gasteiger partial charge is 0.362 e. The second kappa shape index (κ2) is 5.37. The molecule has 18 heavy (non-hydrogen) atoms. The van der Waals surface area contributed by atoms with Crippen LogP contribution in [0.2, 0.25) is 0 Å². The van der Waals surface area contributed by atoms with Gasteiger partial charge in [-0.15, -0.1) is 5.10 Å². The van der Waals surface area contributed by atoms with E-state index in [2.05, 4.69) is 20.6 Å². The summed E-state index contributed by atoms with van der Waals surface area (Å²) >= 11 is 0. The van der Waals surface area contributed by atoms with E-state index in [1.165, 1.54) is 4.68 Å². The molecule has 7 nitrogen and oxygen atoms in total. The van der Waals surface area contributed by atoms with Gasteiger partial charge in [0.1, 0.15) is 12.4 Å². The summed E-state index contributed by atoms with van der Waals surface area (Å²) in [6, 6.07) is 3.62. The second-order valence-electron chi connectivity index (χ2n) is 3.52. The molecule has 2 heterocycles. The lowest BCUT2D eigenvalue weighted by molar-refractivity contribution is 0.0958. The predicted molar refractivity (Wildman–Crippen MR) is 63.7 cm³/mol. The van der Waals surface area contributed by atoms with Crippen molar-refractivity contribution in [2.45, 2.75) is 6.73 Å². The van der Waals surface area contributed by atoms with Crippen LogP contribution in [0.25, 0.3) is 11.3 Å². The van der Waals surface area contributed by atoms with E-state index in [9.17, 15) is 4.79 Å². The first-order valence-electron chi connectivity index (χ1n) is 5.32. The maximum Gasteiger partial charge on any atom is 0.273 e. The van der Waals surface area contributed by atoms with E-state index in [0.717, 1.165) is 5.56 Å². The van der Waals surface area contributed by atoms with Crippen LogP contribution in [0.3, 0.4) is 0 Å². The minimum Gasteiger partial charge on any atom is -0.362 e. The molecule has 0 fully saturated rings. The molecule has 0 aliphatic carbocycles. The average Bonchev–Trinajstić information content (AvgIpc) is 2.83. The molecule has 0 atom stereocenters. The standard InChI is InChI=1S/C11H13N5O2/c1-12-11(17)9-10(8-4-3-5-13-6-8)16(7-18-2)15-14-9/h3-6H,7H2,1-2H3,(H,12,17). The zero-order valence-electron chi connectivity index (χ0n) is 10.1. The van der Waals surface area contributed by atoms with Crippen molar-refractivity contribution in [3.05, 3.63) is 30.2 Å². The van der Waals surface area contributed by atoms with Gasteiger partial charge < -0.3 is 10.1 Å². The lowest BCUT2D eigenvalue weighted by Crippen LogP contribution is -2.19. The van der Waals surface area contributed by atoms with Crippen LogP contribution in [-0.4, -0.2) is 40.0 Å². The summed E-state index contributed by atoms with van der Waals surface area (Å²) in [5, 5.41) is 10.3. The average molecular weight is 247 g/mol. The number of rotatable bonds is 4. The number of carbonyl (C=O) groups is 1. The molecule has 0 aliphatic rings. The number of aromatic nitrogens is 4. The number of pyridine rings is 1. The van der Waals surface area contributed by atoms with Crippen molar-refractivity contribution >= 4 is 5.91 Å². The van der Waals surface area contributed by atoms with E-state index >= 15 is 0 Å². The van der Waals surface area contributed by atoms with Crippen molar-refractivity contribution in [3.63, 3.8) is 0 Å². The van der Waals surface area contributed by atoms with Crippen LogP contribution < -0.4 is 5.32 Å². The second-order valence-corrected chi connectivity index (χ2v) is 3.52. The number of nitrogens with one attached hydrogen (secondary N) is 1. The van der Waals surface area contributed by atoms with Crippen LogP contribution in [-0.2, 0) is 11.5 Å². The highest BCUT2D eigenvalue weighted by molar-refractivity contribution is 5.97. The number of carbonyl (C=O) groups excluding carboxylic acids is 1. The molecule has 0 bridgehead atoms. The number of hydrogen-bond donors (Lipinski definition) is 1. The Morgan fingerprint density at radius 3 is 3.00 bits per heavy atom. The van der Waals surface area contributed by atoms with Crippen molar-refractivity contribution in [1.29, 1.82) is 0 Å². The fourth-order valence-corrected chi connectivity index (χ4v) is 1.59. The van der Waals surface area contributed by atoms with Gasteiger partial charge in [-0.3, -0.25) is 9.78 Å². The minimum absolute atomic E-state index is 0.216. The Labute approximate surface area is 104 Å². The summed E-state index contributed by atoms with van der Waals surface area (Å²) in [5.74, 6) is -0.295. The van der Waals surface area contributed by atoms with Gasteiger partial charge in [0.15, 0.2) is 5.69 Å². The SMILES string of the molecule is CNC(=O)c1nnn(COC)c1-c1cccnc1. The Bertz CT molecular complexity index is 538. The summed E-state index contributed by atoms with van der Waals surface area (Å²) in [6.45, 7) is 0.216. The van der Waals surface area contributed by atoms with Gasteiger partial charge in [0, 0.05) is 32.1 Å².